The molecule has 2 N–H and O–H groups in total. The number of nitrogens with one attached hydrogen (secondary N) is 2. The SMILES string of the molecule is Cc1cc(=O)[nH]c(SCC(=O)Nc2ccc(Br)c(Cl)c2)n1. The van der Waals surface area contributed by atoms with E-state index in [0.717, 1.165) is 16.2 Å². The molecule has 0 aliphatic rings. The highest BCUT2D eigenvalue weighted by atomic mass is 79.9. The first-order chi connectivity index (χ1) is 9.94. The van der Waals surface area contributed by atoms with Crippen molar-refractivity contribution in [3.63, 3.8) is 0 Å². The number of aromatic nitrogens is 2. The van der Waals surface area contributed by atoms with Crippen LogP contribution in [0.2, 0.25) is 5.02 Å². The van der Waals surface area contributed by atoms with Crippen LogP contribution in [0.25, 0.3) is 0 Å². The van der Waals surface area contributed by atoms with Gasteiger partial charge in [-0.3, -0.25) is 9.59 Å². The van der Waals surface area contributed by atoms with Gasteiger partial charge in [0, 0.05) is 21.9 Å². The van der Waals surface area contributed by atoms with Crippen molar-refractivity contribution >= 4 is 50.9 Å². The molecule has 0 atom stereocenters. The molecule has 1 amide bonds. The van der Waals surface area contributed by atoms with E-state index < -0.39 is 0 Å². The molecule has 1 heterocycles. The number of benzene rings is 1. The Labute approximate surface area is 138 Å². The van der Waals surface area contributed by atoms with Crippen molar-refractivity contribution in [2.24, 2.45) is 0 Å². The summed E-state index contributed by atoms with van der Waals surface area (Å²) < 4.78 is 0.762. The van der Waals surface area contributed by atoms with E-state index in [9.17, 15) is 9.59 Å². The second-order valence-corrected chi connectivity index (χ2v) is 6.38. The molecular weight excluding hydrogens is 378 g/mol. The molecule has 1 aromatic heterocycles. The van der Waals surface area contributed by atoms with Gasteiger partial charge in [0.15, 0.2) is 5.16 Å². The van der Waals surface area contributed by atoms with Gasteiger partial charge in [-0.25, -0.2) is 4.98 Å². The van der Waals surface area contributed by atoms with Gasteiger partial charge < -0.3 is 10.3 Å². The number of amides is 1. The number of hydrogen-bond acceptors (Lipinski definition) is 4. The molecule has 5 nitrogen and oxygen atoms in total. The molecule has 0 saturated carbocycles. The molecule has 1 aromatic carbocycles. The third kappa shape index (κ3) is 4.87. The summed E-state index contributed by atoms with van der Waals surface area (Å²) in [5.41, 5.74) is 0.992. The predicted octanol–water partition coefficient (Wildman–Crippen LogP) is 3.23. The number of anilines is 1. The van der Waals surface area contributed by atoms with Crippen molar-refractivity contribution in [3.05, 3.63) is 49.8 Å². The maximum absolute atomic E-state index is 11.8. The largest absolute Gasteiger partial charge is 0.325 e. The zero-order valence-corrected chi connectivity index (χ0v) is 14.1. The Morgan fingerprint density at radius 2 is 2.24 bits per heavy atom. The molecule has 0 unspecified atom stereocenters. The van der Waals surface area contributed by atoms with Crippen molar-refractivity contribution in [2.45, 2.75) is 12.1 Å². The zero-order valence-electron chi connectivity index (χ0n) is 10.9. The highest BCUT2D eigenvalue weighted by Crippen LogP contribution is 2.25. The maximum Gasteiger partial charge on any atom is 0.251 e. The molecule has 0 saturated heterocycles. The number of nitrogens with zero attached hydrogens (tertiary/aromatic N) is 1. The van der Waals surface area contributed by atoms with Gasteiger partial charge in [-0.1, -0.05) is 23.4 Å². The summed E-state index contributed by atoms with van der Waals surface area (Å²) in [6.07, 6.45) is 0. The summed E-state index contributed by atoms with van der Waals surface area (Å²) in [4.78, 5) is 29.8. The summed E-state index contributed by atoms with van der Waals surface area (Å²) in [5.74, 6) is -0.0670. The molecule has 0 bridgehead atoms. The predicted molar refractivity (Wildman–Crippen MR) is 88.1 cm³/mol. The normalized spacial score (nSPS) is 10.4. The van der Waals surface area contributed by atoms with E-state index >= 15 is 0 Å². The summed E-state index contributed by atoms with van der Waals surface area (Å²) in [6.45, 7) is 1.73. The molecule has 0 fully saturated rings. The maximum atomic E-state index is 11.8. The fourth-order valence-corrected chi connectivity index (χ4v) is 2.67. The average Bonchev–Trinajstić information content (AvgIpc) is 2.40. The quantitative estimate of drug-likeness (QED) is 0.623. The third-order valence-corrected chi connectivity index (χ3v) is 4.50. The minimum Gasteiger partial charge on any atom is -0.325 e. The molecule has 2 aromatic rings. The van der Waals surface area contributed by atoms with E-state index in [4.69, 9.17) is 11.6 Å². The van der Waals surface area contributed by atoms with Crippen molar-refractivity contribution in [2.75, 3.05) is 11.1 Å². The van der Waals surface area contributed by atoms with Gasteiger partial charge in [-0.15, -0.1) is 0 Å². The van der Waals surface area contributed by atoms with Crippen molar-refractivity contribution < 1.29 is 4.79 Å². The summed E-state index contributed by atoms with van der Waals surface area (Å²) >= 11 is 10.4. The molecule has 0 radical (unpaired) electrons. The lowest BCUT2D eigenvalue weighted by Crippen LogP contribution is -2.15. The second kappa shape index (κ2) is 7.11. The number of H-pyrrole nitrogens is 1. The van der Waals surface area contributed by atoms with E-state index in [1.54, 1.807) is 25.1 Å². The highest BCUT2D eigenvalue weighted by Gasteiger charge is 2.07. The Balaban J connectivity index is 1.95. The minimum absolute atomic E-state index is 0.139. The molecule has 0 aliphatic heterocycles. The number of carbonyl (C=O) groups excluding carboxylic acids is 1. The van der Waals surface area contributed by atoms with Crippen molar-refractivity contribution in [1.29, 1.82) is 0 Å². The van der Waals surface area contributed by atoms with E-state index in [-0.39, 0.29) is 17.2 Å². The minimum atomic E-state index is -0.231. The van der Waals surface area contributed by atoms with Gasteiger partial charge in [-0.2, -0.15) is 0 Å². The monoisotopic (exact) mass is 387 g/mol. The fraction of sp³-hybridized carbons (Fsp3) is 0.154. The number of aromatic amines is 1. The highest BCUT2D eigenvalue weighted by molar-refractivity contribution is 9.10. The van der Waals surface area contributed by atoms with E-state index in [0.29, 0.717) is 21.6 Å². The fourth-order valence-electron chi connectivity index (χ4n) is 1.52. The number of aryl methyl sites for hydroxylation is 1. The molecule has 21 heavy (non-hydrogen) atoms. The molecule has 110 valence electrons. The number of rotatable bonds is 4. The first-order valence-corrected chi connectivity index (χ1v) is 8.05. The molecular formula is C13H11BrClN3O2S. The molecule has 8 heteroatoms. The topological polar surface area (TPSA) is 74.8 Å². The standard InChI is InChI=1S/C13H11BrClN3O2S/c1-7-4-11(19)18-13(16-7)21-6-12(20)17-8-2-3-9(14)10(15)5-8/h2-5H,6H2,1H3,(H,17,20)(H,16,18,19). The molecule has 0 spiro atoms. The average molecular weight is 389 g/mol. The Kier molecular flexibility index (Phi) is 5.44. The summed E-state index contributed by atoms with van der Waals surface area (Å²) in [6, 6.07) is 6.55. The van der Waals surface area contributed by atoms with Crippen LogP contribution in [-0.2, 0) is 4.79 Å². The lowest BCUT2D eigenvalue weighted by atomic mass is 10.3. The Morgan fingerprint density at radius 3 is 2.90 bits per heavy atom. The first-order valence-electron chi connectivity index (χ1n) is 5.90. The van der Waals surface area contributed by atoms with Crippen molar-refractivity contribution in [1.82, 2.24) is 9.97 Å². The van der Waals surface area contributed by atoms with Gasteiger partial charge in [0.1, 0.15) is 0 Å². The molecule has 2 rings (SSSR count). The number of thioether (sulfide) groups is 1. The Bertz CT molecular complexity index is 736. The van der Waals surface area contributed by atoms with Crippen LogP contribution in [-0.4, -0.2) is 21.6 Å². The van der Waals surface area contributed by atoms with Gasteiger partial charge in [0.2, 0.25) is 5.91 Å². The van der Waals surface area contributed by atoms with Crippen LogP contribution in [0.1, 0.15) is 5.69 Å². The van der Waals surface area contributed by atoms with Gasteiger partial charge in [0.25, 0.3) is 5.56 Å². The van der Waals surface area contributed by atoms with Crippen LogP contribution in [0.4, 0.5) is 5.69 Å². The van der Waals surface area contributed by atoms with Gasteiger partial charge >= 0.3 is 0 Å². The van der Waals surface area contributed by atoms with Gasteiger partial charge in [-0.05, 0) is 41.1 Å². The Morgan fingerprint density at radius 1 is 1.48 bits per heavy atom. The van der Waals surface area contributed by atoms with Crippen LogP contribution in [0.15, 0.2) is 38.7 Å². The smallest absolute Gasteiger partial charge is 0.251 e. The summed E-state index contributed by atoms with van der Waals surface area (Å²) in [5, 5.41) is 3.66. The third-order valence-electron chi connectivity index (χ3n) is 2.39. The van der Waals surface area contributed by atoms with Crippen LogP contribution in [0.3, 0.4) is 0 Å². The first kappa shape index (κ1) is 16.1. The number of halogens is 2. The van der Waals surface area contributed by atoms with Crippen LogP contribution in [0, 0.1) is 6.92 Å². The van der Waals surface area contributed by atoms with E-state index in [2.05, 4.69) is 31.2 Å². The lowest BCUT2D eigenvalue weighted by molar-refractivity contribution is -0.113. The number of carbonyl (C=O) groups is 1. The van der Waals surface area contributed by atoms with Crippen LogP contribution < -0.4 is 10.9 Å². The van der Waals surface area contributed by atoms with E-state index in [1.165, 1.54) is 6.07 Å². The molecule has 0 aliphatic carbocycles. The van der Waals surface area contributed by atoms with Crippen LogP contribution >= 0.6 is 39.3 Å². The van der Waals surface area contributed by atoms with E-state index in [1.807, 2.05) is 0 Å². The second-order valence-electron chi connectivity index (χ2n) is 4.16. The Hall–Kier alpha value is -1.31. The van der Waals surface area contributed by atoms with Crippen molar-refractivity contribution in [3.8, 4) is 0 Å². The lowest BCUT2D eigenvalue weighted by Gasteiger charge is -2.06. The summed E-state index contributed by atoms with van der Waals surface area (Å²) in [7, 11) is 0. The van der Waals surface area contributed by atoms with Crippen LogP contribution in [0.5, 0.6) is 0 Å². The zero-order chi connectivity index (χ0) is 15.4. The number of hydrogen-bond donors (Lipinski definition) is 2. The van der Waals surface area contributed by atoms with Gasteiger partial charge in [0.05, 0.1) is 10.8 Å².